The summed E-state index contributed by atoms with van der Waals surface area (Å²) in [5, 5.41) is 0.313. The fourth-order valence-corrected chi connectivity index (χ4v) is 3.08. The summed E-state index contributed by atoms with van der Waals surface area (Å²) < 4.78 is 37.4. The van der Waals surface area contributed by atoms with Gasteiger partial charge in [-0.2, -0.15) is 0 Å². The zero-order chi connectivity index (χ0) is 28.9. The van der Waals surface area contributed by atoms with E-state index >= 15 is 0 Å². The summed E-state index contributed by atoms with van der Waals surface area (Å²) in [6.45, 7) is 8.15. The Kier molecular flexibility index (Phi) is 12.4. The van der Waals surface area contributed by atoms with E-state index in [4.69, 9.17) is 38.3 Å². The molecular weight excluding hydrogens is 524 g/mol. The average molecular weight is 558 g/mol. The van der Waals surface area contributed by atoms with Crippen LogP contribution in [0.4, 0.5) is 20.2 Å². The van der Waals surface area contributed by atoms with Crippen molar-refractivity contribution in [2.24, 2.45) is 11.7 Å². The topological polar surface area (TPSA) is 122 Å². The van der Waals surface area contributed by atoms with Crippen LogP contribution >= 0.6 is 11.6 Å². The summed E-state index contributed by atoms with van der Waals surface area (Å²) in [5.41, 5.74) is 17.0. The van der Waals surface area contributed by atoms with Crippen LogP contribution < -0.4 is 26.7 Å². The second kappa shape index (κ2) is 15.5. The lowest BCUT2D eigenvalue weighted by atomic mass is 10.1. The number of nitrogen functional groups attached to an aromatic ring is 2. The Morgan fingerprint density at radius 3 is 1.59 bits per heavy atom. The molecule has 0 aliphatic rings. The third-order valence-electron chi connectivity index (χ3n) is 4.52. The molecule has 0 atom stereocenters. The maximum atomic E-state index is 13.3. The number of halogens is 3. The molecule has 0 bridgehead atoms. The largest absolute Gasteiger partial charge is 0.457 e. The van der Waals surface area contributed by atoms with Gasteiger partial charge in [0.1, 0.15) is 39.8 Å². The molecule has 0 spiro atoms. The highest BCUT2D eigenvalue weighted by Gasteiger charge is 2.05. The normalized spacial score (nSPS) is 10.3. The van der Waals surface area contributed by atoms with Crippen molar-refractivity contribution in [3.05, 3.63) is 95.5 Å². The Morgan fingerprint density at radius 1 is 0.718 bits per heavy atom. The molecule has 39 heavy (non-hydrogen) atoms. The first-order valence-electron chi connectivity index (χ1n) is 12.2. The van der Waals surface area contributed by atoms with Crippen LogP contribution in [0.5, 0.6) is 23.0 Å². The molecule has 208 valence electrons. The van der Waals surface area contributed by atoms with Crippen molar-refractivity contribution in [3.63, 3.8) is 0 Å². The molecule has 7 nitrogen and oxygen atoms in total. The molecule has 2 aromatic carbocycles. The number of aromatic nitrogens is 2. The van der Waals surface area contributed by atoms with E-state index in [-0.39, 0.29) is 11.4 Å². The fourth-order valence-electron chi connectivity index (χ4n) is 2.91. The lowest BCUT2D eigenvalue weighted by molar-refractivity contribution is 0.474. The summed E-state index contributed by atoms with van der Waals surface area (Å²) in [7, 11) is 0. The van der Waals surface area contributed by atoms with Gasteiger partial charge >= 0.3 is 0 Å². The lowest BCUT2D eigenvalue weighted by Crippen LogP contribution is -2.06. The minimum Gasteiger partial charge on any atom is -0.457 e. The molecule has 0 saturated heterocycles. The van der Waals surface area contributed by atoms with Gasteiger partial charge in [0.25, 0.3) is 0 Å². The van der Waals surface area contributed by atoms with Crippen molar-refractivity contribution >= 4 is 23.0 Å². The fraction of sp³-hybridized carbons (Fsp3) is 0.241. The number of anilines is 2. The van der Waals surface area contributed by atoms with Crippen LogP contribution in [0.25, 0.3) is 0 Å². The van der Waals surface area contributed by atoms with Crippen LogP contribution in [-0.4, -0.2) is 16.0 Å². The molecule has 2 aromatic heterocycles. The third kappa shape index (κ3) is 12.0. The van der Waals surface area contributed by atoms with Crippen molar-refractivity contribution in [1.29, 1.82) is 0 Å². The van der Waals surface area contributed by atoms with Crippen molar-refractivity contribution < 1.29 is 18.3 Å². The van der Waals surface area contributed by atoms with E-state index in [0.29, 0.717) is 40.1 Å². The SMILES string of the molecule is CC(C)Cc1cc(Oc2ccc(N)c(F)c2)ccn1.CC(C)N.Nc1ccc(Oc2ccnc(Cl)c2)cc1F. The van der Waals surface area contributed by atoms with Gasteiger partial charge in [0.2, 0.25) is 0 Å². The molecule has 0 fully saturated rings. The Bertz CT molecular complexity index is 1340. The monoisotopic (exact) mass is 557 g/mol. The molecule has 2 heterocycles. The number of ether oxygens (including phenoxy) is 2. The van der Waals surface area contributed by atoms with E-state index in [1.54, 1.807) is 30.5 Å². The van der Waals surface area contributed by atoms with Crippen molar-refractivity contribution in [3.8, 4) is 23.0 Å². The first-order chi connectivity index (χ1) is 18.4. The zero-order valence-electron chi connectivity index (χ0n) is 22.4. The van der Waals surface area contributed by atoms with Gasteiger partial charge in [0, 0.05) is 42.4 Å². The number of benzene rings is 2. The van der Waals surface area contributed by atoms with Crippen LogP contribution in [-0.2, 0) is 6.42 Å². The van der Waals surface area contributed by atoms with Crippen molar-refractivity contribution in [2.75, 3.05) is 11.5 Å². The molecule has 4 rings (SSSR count). The van der Waals surface area contributed by atoms with E-state index in [2.05, 4.69) is 23.8 Å². The second-order valence-electron chi connectivity index (χ2n) is 9.21. The Labute approximate surface area is 232 Å². The van der Waals surface area contributed by atoms with Crippen LogP contribution in [0.15, 0.2) is 73.1 Å². The van der Waals surface area contributed by atoms with Crippen molar-refractivity contribution in [1.82, 2.24) is 9.97 Å². The predicted molar refractivity (Wildman–Crippen MR) is 153 cm³/mol. The Balaban J connectivity index is 0.000000243. The number of hydrogen-bond acceptors (Lipinski definition) is 7. The minimum atomic E-state index is -0.516. The van der Waals surface area contributed by atoms with Gasteiger partial charge in [0.15, 0.2) is 0 Å². The molecular formula is C29H34ClF2N5O2. The maximum Gasteiger partial charge on any atom is 0.149 e. The molecule has 4 aromatic rings. The minimum absolute atomic E-state index is 0.0834. The lowest BCUT2D eigenvalue weighted by Gasteiger charge is -2.09. The molecule has 0 aliphatic heterocycles. The standard InChI is InChI=1S/C15H17FN2O.C11H8ClFN2O.C3H9N/c1-10(2)7-11-8-13(5-6-18-11)19-12-3-4-15(17)14(16)9-12;12-11-6-8(3-4-15-11)16-7-1-2-10(14)9(13)5-7;1-3(2)4/h3-6,8-10H,7,17H2,1-2H3;1-6H,14H2;3H,4H2,1-2H3. The molecule has 0 saturated carbocycles. The van der Waals surface area contributed by atoms with E-state index in [1.165, 1.54) is 36.5 Å². The van der Waals surface area contributed by atoms with Gasteiger partial charge in [-0.3, -0.25) is 4.98 Å². The average Bonchev–Trinajstić information content (AvgIpc) is 2.84. The number of pyridine rings is 2. The van der Waals surface area contributed by atoms with Crippen LogP contribution in [0.2, 0.25) is 5.15 Å². The number of nitrogens with zero attached hydrogens (tertiary/aromatic N) is 2. The quantitative estimate of drug-likeness (QED) is 0.167. The highest BCUT2D eigenvalue weighted by Crippen LogP contribution is 2.26. The van der Waals surface area contributed by atoms with E-state index in [9.17, 15) is 8.78 Å². The molecule has 10 heteroatoms. The van der Waals surface area contributed by atoms with Gasteiger partial charge < -0.3 is 26.7 Å². The van der Waals surface area contributed by atoms with Crippen LogP contribution in [0.3, 0.4) is 0 Å². The highest BCUT2D eigenvalue weighted by molar-refractivity contribution is 6.29. The highest BCUT2D eigenvalue weighted by atomic mass is 35.5. The van der Waals surface area contributed by atoms with Gasteiger partial charge in [-0.1, -0.05) is 39.3 Å². The van der Waals surface area contributed by atoms with Gasteiger partial charge in [-0.15, -0.1) is 0 Å². The summed E-state index contributed by atoms with van der Waals surface area (Å²) in [4.78, 5) is 8.08. The van der Waals surface area contributed by atoms with Crippen LogP contribution in [0.1, 0.15) is 33.4 Å². The molecule has 0 radical (unpaired) electrons. The van der Waals surface area contributed by atoms with Crippen LogP contribution in [0, 0.1) is 17.6 Å². The smallest absolute Gasteiger partial charge is 0.149 e. The van der Waals surface area contributed by atoms with Crippen molar-refractivity contribution in [2.45, 2.75) is 40.2 Å². The van der Waals surface area contributed by atoms with E-state index in [0.717, 1.165) is 12.1 Å². The van der Waals surface area contributed by atoms with E-state index in [1.807, 2.05) is 19.9 Å². The molecule has 0 aliphatic carbocycles. The van der Waals surface area contributed by atoms with Gasteiger partial charge in [-0.05, 0) is 54.8 Å². The molecule has 0 amide bonds. The Hall–Kier alpha value is -3.95. The summed E-state index contributed by atoms with van der Waals surface area (Å²) in [6, 6.07) is 15.7. The molecule has 6 N–H and O–H groups in total. The zero-order valence-corrected chi connectivity index (χ0v) is 23.1. The second-order valence-corrected chi connectivity index (χ2v) is 9.60. The number of nitrogens with two attached hydrogens (primary N) is 3. The first-order valence-corrected chi connectivity index (χ1v) is 12.6. The molecule has 0 unspecified atom stereocenters. The summed E-state index contributed by atoms with van der Waals surface area (Å²) in [6.07, 6.45) is 4.08. The number of rotatable bonds is 6. The maximum absolute atomic E-state index is 13.3. The first kappa shape index (κ1) is 31.3. The number of hydrogen-bond donors (Lipinski definition) is 3. The van der Waals surface area contributed by atoms with E-state index < -0.39 is 11.6 Å². The van der Waals surface area contributed by atoms with Gasteiger partial charge in [-0.25, -0.2) is 13.8 Å². The Morgan fingerprint density at radius 2 is 1.15 bits per heavy atom. The van der Waals surface area contributed by atoms with Gasteiger partial charge in [0.05, 0.1) is 11.4 Å². The summed E-state index contributed by atoms with van der Waals surface area (Å²) >= 11 is 5.68. The third-order valence-corrected chi connectivity index (χ3v) is 4.73. The predicted octanol–water partition coefficient (Wildman–Crippen LogP) is 7.40. The summed E-state index contributed by atoms with van der Waals surface area (Å²) in [5.74, 6) is 1.45.